The number of aliphatic carboxylic acids is 1. The minimum absolute atomic E-state index is 0.0319. The second-order valence-corrected chi connectivity index (χ2v) is 8.78. The van der Waals surface area contributed by atoms with E-state index in [-0.39, 0.29) is 25.4 Å². The third-order valence-corrected chi connectivity index (χ3v) is 6.49. The molecule has 7 nitrogen and oxygen atoms in total. The predicted molar refractivity (Wildman–Crippen MR) is 125 cm³/mol. The zero-order valence-electron chi connectivity index (χ0n) is 17.8. The normalized spacial score (nSPS) is 13.0. The first-order chi connectivity index (χ1) is 16.0. The van der Waals surface area contributed by atoms with Gasteiger partial charge in [-0.15, -0.1) is 11.3 Å². The fourth-order valence-corrected chi connectivity index (χ4v) is 4.67. The molecule has 1 atom stereocenters. The number of carbonyl (C=O) groups is 3. The fourth-order valence-electron chi connectivity index (χ4n) is 4.03. The van der Waals surface area contributed by atoms with Crippen LogP contribution in [0.1, 0.15) is 34.8 Å². The van der Waals surface area contributed by atoms with E-state index in [1.807, 2.05) is 66.0 Å². The first-order valence-electron chi connectivity index (χ1n) is 10.7. The lowest BCUT2D eigenvalue weighted by atomic mass is 9.98. The Balaban J connectivity index is 1.39. The van der Waals surface area contributed by atoms with Crippen LogP contribution in [0.15, 0.2) is 66.0 Å². The highest BCUT2D eigenvalue weighted by atomic mass is 32.1. The number of fused-ring (bicyclic) bond motifs is 3. The number of alkyl carbamates (subject to hydrolysis) is 1. The van der Waals surface area contributed by atoms with Gasteiger partial charge in [0.25, 0.3) is 0 Å². The van der Waals surface area contributed by atoms with Crippen LogP contribution in [-0.4, -0.2) is 35.7 Å². The third-order valence-electron chi connectivity index (χ3n) is 5.62. The van der Waals surface area contributed by atoms with Crippen molar-refractivity contribution >= 4 is 29.3 Å². The van der Waals surface area contributed by atoms with Crippen LogP contribution in [0, 0.1) is 0 Å². The summed E-state index contributed by atoms with van der Waals surface area (Å²) in [5.74, 6) is -1.59. The number of nitrogens with one attached hydrogen (secondary N) is 2. The van der Waals surface area contributed by atoms with Crippen LogP contribution in [0.2, 0.25) is 0 Å². The van der Waals surface area contributed by atoms with Gasteiger partial charge in [-0.3, -0.25) is 9.59 Å². The average Bonchev–Trinajstić information content (AvgIpc) is 3.45. The largest absolute Gasteiger partial charge is 0.481 e. The molecule has 33 heavy (non-hydrogen) atoms. The molecule has 8 heteroatoms. The van der Waals surface area contributed by atoms with Gasteiger partial charge in [-0.1, -0.05) is 54.6 Å². The summed E-state index contributed by atoms with van der Waals surface area (Å²) in [5.41, 5.74) is 4.41. The Labute approximate surface area is 195 Å². The molecule has 1 aliphatic rings. The van der Waals surface area contributed by atoms with Gasteiger partial charge in [0.1, 0.15) is 12.6 Å². The van der Waals surface area contributed by atoms with E-state index in [0.29, 0.717) is 6.54 Å². The van der Waals surface area contributed by atoms with Crippen molar-refractivity contribution in [1.29, 1.82) is 0 Å². The summed E-state index contributed by atoms with van der Waals surface area (Å²) in [5, 5.41) is 16.2. The standard InChI is InChI=1S/C25H24N2O5S/c28-23(29)12-11-22(24(30)26-14-16-6-5-13-33-16)27-25(31)32-15-21-19-9-3-1-7-17(19)18-8-2-4-10-20(18)21/h1-10,13,21-22H,11-12,14-15H2,(H,26,30)(H,27,31)(H,28,29). The zero-order valence-corrected chi connectivity index (χ0v) is 18.6. The summed E-state index contributed by atoms with van der Waals surface area (Å²) in [6.45, 7) is 0.425. The van der Waals surface area contributed by atoms with Crippen molar-refractivity contribution in [3.05, 3.63) is 82.0 Å². The minimum atomic E-state index is -1.04. The summed E-state index contributed by atoms with van der Waals surface area (Å²) in [6.07, 6.45) is -1.03. The summed E-state index contributed by atoms with van der Waals surface area (Å²) in [7, 11) is 0. The van der Waals surface area contributed by atoms with Crippen LogP contribution >= 0.6 is 11.3 Å². The van der Waals surface area contributed by atoms with Gasteiger partial charge in [0.2, 0.25) is 5.91 Å². The number of amides is 2. The summed E-state index contributed by atoms with van der Waals surface area (Å²) in [4.78, 5) is 37.1. The molecule has 1 heterocycles. The first kappa shape index (κ1) is 22.5. The molecule has 3 aromatic rings. The number of carbonyl (C=O) groups excluding carboxylic acids is 2. The molecule has 0 saturated heterocycles. The average molecular weight is 465 g/mol. The number of thiophene rings is 1. The maximum Gasteiger partial charge on any atom is 0.407 e. The van der Waals surface area contributed by atoms with Gasteiger partial charge in [0.15, 0.2) is 0 Å². The summed E-state index contributed by atoms with van der Waals surface area (Å²) < 4.78 is 5.50. The molecule has 170 valence electrons. The SMILES string of the molecule is O=C(O)CCC(NC(=O)OCC1c2ccccc2-c2ccccc21)C(=O)NCc1cccs1. The Morgan fingerprint density at radius 1 is 0.970 bits per heavy atom. The number of hydrogen-bond donors (Lipinski definition) is 3. The van der Waals surface area contributed by atoms with E-state index >= 15 is 0 Å². The molecule has 0 radical (unpaired) electrons. The maximum absolute atomic E-state index is 12.6. The second kappa shape index (κ2) is 10.3. The quantitative estimate of drug-likeness (QED) is 0.442. The minimum Gasteiger partial charge on any atom is -0.481 e. The third kappa shape index (κ3) is 5.40. The fraction of sp³-hybridized carbons (Fsp3) is 0.240. The molecule has 1 unspecified atom stereocenters. The van der Waals surface area contributed by atoms with Crippen molar-refractivity contribution < 1.29 is 24.2 Å². The number of carboxylic acid groups (broad SMARTS) is 1. The van der Waals surface area contributed by atoms with Crippen molar-refractivity contribution in [2.45, 2.75) is 31.3 Å². The van der Waals surface area contributed by atoms with Crippen LogP contribution in [0.5, 0.6) is 0 Å². The van der Waals surface area contributed by atoms with Crippen molar-refractivity contribution in [1.82, 2.24) is 10.6 Å². The molecular weight excluding hydrogens is 440 g/mol. The Morgan fingerprint density at radius 2 is 1.64 bits per heavy atom. The zero-order chi connectivity index (χ0) is 23.2. The Hall–Kier alpha value is -3.65. The van der Waals surface area contributed by atoms with E-state index < -0.39 is 24.0 Å². The van der Waals surface area contributed by atoms with E-state index in [0.717, 1.165) is 27.1 Å². The molecule has 0 spiro atoms. The van der Waals surface area contributed by atoms with Crippen LogP contribution < -0.4 is 10.6 Å². The molecule has 1 aromatic heterocycles. The summed E-state index contributed by atoms with van der Waals surface area (Å²) >= 11 is 1.50. The highest BCUT2D eigenvalue weighted by Crippen LogP contribution is 2.44. The molecule has 0 bridgehead atoms. The van der Waals surface area contributed by atoms with E-state index in [9.17, 15) is 14.4 Å². The lowest BCUT2D eigenvalue weighted by Gasteiger charge is -2.19. The van der Waals surface area contributed by atoms with E-state index in [4.69, 9.17) is 9.84 Å². The predicted octanol–water partition coefficient (Wildman–Crippen LogP) is 4.14. The van der Waals surface area contributed by atoms with Gasteiger partial charge in [0.05, 0.1) is 6.54 Å². The Bertz CT molecular complexity index is 1100. The van der Waals surface area contributed by atoms with E-state index in [1.54, 1.807) is 0 Å². The topological polar surface area (TPSA) is 105 Å². The van der Waals surface area contributed by atoms with E-state index in [2.05, 4.69) is 10.6 Å². The number of benzene rings is 2. The molecule has 4 rings (SSSR count). The van der Waals surface area contributed by atoms with Gasteiger partial charge in [-0.2, -0.15) is 0 Å². The van der Waals surface area contributed by atoms with Gasteiger partial charge in [-0.25, -0.2) is 4.79 Å². The van der Waals surface area contributed by atoms with Crippen molar-refractivity contribution in [2.75, 3.05) is 6.61 Å². The van der Waals surface area contributed by atoms with Crippen molar-refractivity contribution in [2.24, 2.45) is 0 Å². The maximum atomic E-state index is 12.6. The monoisotopic (exact) mass is 464 g/mol. The number of carboxylic acids is 1. The molecule has 0 fully saturated rings. The number of ether oxygens (including phenoxy) is 1. The van der Waals surface area contributed by atoms with Gasteiger partial charge >= 0.3 is 12.1 Å². The van der Waals surface area contributed by atoms with Crippen LogP contribution in [0.3, 0.4) is 0 Å². The van der Waals surface area contributed by atoms with Gasteiger partial charge in [-0.05, 0) is 40.1 Å². The highest BCUT2D eigenvalue weighted by molar-refractivity contribution is 7.09. The van der Waals surface area contributed by atoms with Gasteiger partial charge < -0.3 is 20.5 Å². The molecule has 2 amide bonds. The molecule has 3 N–H and O–H groups in total. The molecular formula is C25H24N2O5S. The highest BCUT2D eigenvalue weighted by Gasteiger charge is 2.30. The summed E-state index contributed by atoms with van der Waals surface area (Å²) in [6, 6.07) is 18.8. The number of hydrogen-bond acceptors (Lipinski definition) is 5. The Morgan fingerprint density at radius 3 is 2.24 bits per heavy atom. The molecule has 1 aliphatic carbocycles. The van der Waals surface area contributed by atoms with Crippen molar-refractivity contribution in [3.63, 3.8) is 0 Å². The van der Waals surface area contributed by atoms with Crippen LogP contribution in [0.25, 0.3) is 11.1 Å². The van der Waals surface area contributed by atoms with Crippen LogP contribution in [-0.2, 0) is 20.9 Å². The smallest absolute Gasteiger partial charge is 0.407 e. The van der Waals surface area contributed by atoms with Crippen LogP contribution in [0.4, 0.5) is 4.79 Å². The molecule has 0 saturated carbocycles. The van der Waals surface area contributed by atoms with E-state index in [1.165, 1.54) is 11.3 Å². The lowest BCUT2D eigenvalue weighted by Crippen LogP contribution is -2.47. The lowest BCUT2D eigenvalue weighted by molar-refractivity contribution is -0.137. The Kier molecular flexibility index (Phi) is 7.04. The second-order valence-electron chi connectivity index (χ2n) is 7.75. The number of rotatable bonds is 9. The molecule has 2 aromatic carbocycles. The first-order valence-corrected chi connectivity index (χ1v) is 11.5. The molecule has 0 aliphatic heterocycles. The van der Waals surface area contributed by atoms with Crippen molar-refractivity contribution in [3.8, 4) is 11.1 Å². The van der Waals surface area contributed by atoms with Gasteiger partial charge in [0, 0.05) is 17.2 Å².